The Morgan fingerprint density at radius 1 is 1.21 bits per heavy atom. The van der Waals surface area contributed by atoms with Crippen LogP contribution in [-0.4, -0.2) is 18.1 Å². The highest BCUT2D eigenvalue weighted by molar-refractivity contribution is 7.11. The van der Waals surface area contributed by atoms with E-state index in [1.807, 2.05) is 19.1 Å². The average molecular weight is 276 g/mol. The number of nitrogens with two attached hydrogens (primary N) is 1. The SMILES string of the molecule is COc1ccc(CC(N)Cc2nc(C)c(C)s2)cc1. The standard InChI is InChI=1S/C15H20N2OS/c1-10-11(2)19-15(17-10)9-13(16)8-12-4-6-14(18-3)7-5-12/h4-7,13H,8-9,16H2,1-3H3. The van der Waals surface area contributed by atoms with Crippen molar-refractivity contribution in [3.63, 3.8) is 0 Å². The van der Waals surface area contributed by atoms with E-state index in [2.05, 4.69) is 24.0 Å². The molecule has 0 fully saturated rings. The van der Waals surface area contributed by atoms with Crippen LogP contribution in [0.15, 0.2) is 24.3 Å². The minimum atomic E-state index is 0.110. The molecule has 1 aromatic carbocycles. The number of benzene rings is 1. The first-order valence-electron chi connectivity index (χ1n) is 6.40. The highest BCUT2D eigenvalue weighted by atomic mass is 32.1. The first kappa shape index (κ1) is 14.0. The Morgan fingerprint density at radius 3 is 2.42 bits per heavy atom. The molecule has 2 rings (SSSR count). The van der Waals surface area contributed by atoms with Gasteiger partial charge in [-0.15, -0.1) is 11.3 Å². The molecule has 0 amide bonds. The Bertz CT molecular complexity index is 514. The number of ether oxygens (including phenoxy) is 1. The van der Waals surface area contributed by atoms with Gasteiger partial charge in [0.2, 0.25) is 0 Å². The third-order valence-corrected chi connectivity index (χ3v) is 4.26. The van der Waals surface area contributed by atoms with Gasteiger partial charge in [-0.3, -0.25) is 0 Å². The van der Waals surface area contributed by atoms with Crippen LogP contribution in [0.25, 0.3) is 0 Å². The van der Waals surface area contributed by atoms with Crippen LogP contribution in [0.1, 0.15) is 21.1 Å². The van der Waals surface area contributed by atoms with Gasteiger partial charge in [-0.25, -0.2) is 4.98 Å². The summed E-state index contributed by atoms with van der Waals surface area (Å²) in [5, 5.41) is 1.14. The maximum Gasteiger partial charge on any atom is 0.118 e. The fourth-order valence-electron chi connectivity index (χ4n) is 1.99. The van der Waals surface area contributed by atoms with Crippen molar-refractivity contribution in [2.75, 3.05) is 7.11 Å². The number of aryl methyl sites for hydroxylation is 2. The summed E-state index contributed by atoms with van der Waals surface area (Å²) in [7, 11) is 1.67. The largest absolute Gasteiger partial charge is 0.497 e. The fourth-order valence-corrected chi connectivity index (χ4v) is 3.01. The Balaban J connectivity index is 1.94. The van der Waals surface area contributed by atoms with Crippen molar-refractivity contribution >= 4 is 11.3 Å². The molecule has 0 bridgehead atoms. The summed E-state index contributed by atoms with van der Waals surface area (Å²) < 4.78 is 5.15. The van der Waals surface area contributed by atoms with Gasteiger partial charge >= 0.3 is 0 Å². The summed E-state index contributed by atoms with van der Waals surface area (Å²) in [6.45, 7) is 4.15. The summed E-state index contributed by atoms with van der Waals surface area (Å²) >= 11 is 1.75. The molecule has 1 heterocycles. The first-order valence-corrected chi connectivity index (χ1v) is 7.21. The molecule has 0 aliphatic heterocycles. The van der Waals surface area contributed by atoms with Gasteiger partial charge in [-0.05, 0) is 38.0 Å². The van der Waals surface area contributed by atoms with Gasteiger partial charge in [-0.2, -0.15) is 0 Å². The molecule has 0 saturated heterocycles. The van der Waals surface area contributed by atoms with Crippen LogP contribution in [0.5, 0.6) is 5.75 Å². The highest BCUT2D eigenvalue weighted by Gasteiger charge is 2.10. The summed E-state index contributed by atoms with van der Waals surface area (Å²) in [5.74, 6) is 0.878. The first-order chi connectivity index (χ1) is 9.08. The van der Waals surface area contributed by atoms with E-state index in [1.54, 1.807) is 18.4 Å². The lowest BCUT2D eigenvalue weighted by Crippen LogP contribution is -2.25. The zero-order chi connectivity index (χ0) is 13.8. The monoisotopic (exact) mass is 276 g/mol. The molecule has 3 nitrogen and oxygen atoms in total. The van der Waals surface area contributed by atoms with Gasteiger partial charge in [0.1, 0.15) is 5.75 Å². The van der Waals surface area contributed by atoms with E-state index in [0.29, 0.717) is 0 Å². The molecule has 2 N–H and O–H groups in total. The van der Waals surface area contributed by atoms with E-state index in [4.69, 9.17) is 10.5 Å². The van der Waals surface area contributed by atoms with E-state index in [0.717, 1.165) is 29.3 Å². The predicted octanol–water partition coefficient (Wildman–Crippen LogP) is 2.88. The Hall–Kier alpha value is -1.39. The van der Waals surface area contributed by atoms with Crippen molar-refractivity contribution in [3.8, 4) is 5.75 Å². The molecule has 0 aliphatic carbocycles. The van der Waals surface area contributed by atoms with E-state index >= 15 is 0 Å². The van der Waals surface area contributed by atoms with Crippen LogP contribution in [0, 0.1) is 13.8 Å². The van der Waals surface area contributed by atoms with Gasteiger partial charge < -0.3 is 10.5 Å². The predicted molar refractivity (Wildman–Crippen MR) is 80.0 cm³/mol. The van der Waals surface area contributed by atoms with Crippen LogP contribution < -0.4 is 10.5 Å². The van der Waals surface area contributed by atoms with E-state index in [9.17, 15) is 0 Å². The van der Waals surface area contributed by atoms with E-state index in [-0.39, 0.29) is 6.04 Å². The lowest BCUT2D eigenvalue weighted by Gasteiger charge is -2.10. The number of hydrogen-bond acceptors (Lipinski definition) is 4. The summed E-state index contributed by atoms with van der Waals surface area (Å²) in [6, 6.07) is 8.19. The molecule has 4 heteroatoms. The molecular weight excluding hydrogens is 256 g/mol. The van der Waals surface area contributed by atoms with Gasteiger partial charge in [-0.1, -0.05) is 12.1 Å². The summed E-state index contributed by atoms with van der Waals surface area (Å²) in [5.41, 5.74) is 8.56. The number of rotatable bonds is 5. The van der Waals surface area contributed by atoms with Gasteiger partial charge in [0.05, 0.1) is 17.8 Å². The average Bonchev–Trinajstić information content (AvgIpc) is 2.69. The van der Waals surface area contributed by atoms with Gasteiger partial charge in [0.15, 0.2) is 0 Å². The van der Waals surface area contributed by atoms with Crippen molar-refractivity contribution < 1.29 is 4.74 Å². The number of aromatic nitrogens is 1. The molecule has 102 valence electrons. The third-order valence-electron chi connectivity index (χ3n) is 3.17. The fraction of sp³-hybridized carbons (Fsp3) is 0.400. The van der Waals surface area contributed by atoms with Crippen LogP contribution in [0.2, 0.25) is 0 Å². The molecule has 0 aliphatic rings. The Labute approximate surface area is 118 Å². The Kier molecular flexibility index (Phi) is 4.56. The van der Waals surface area contributed by atoms with Crippen LogP contribution in [0.4, 0.5) is 0 Å². The number of methoxy groups -OCH3 is 1. The van der Waals surface area contributed by atoms with Gasteiger partial charge in [0.25, 0.3) is 0 Å². The third kappa shape index (κ3) is 3.78. The molecule has 0 saturated carbocycles. The lowest BCUT2D eigenvalue weighted by atomic mass is 10.0. The lowest BCUT2D eigenvalue weighted by molar-refractivity contribution is 0.414. The Morgan fingerprint density at radius 2 is 1.89 bits per heavy atom. The molecule has 1 unspecified atom stereocenters. The molecular formula is C15H20N2OS. The highest BCUT2D eigenvalue weighted by Crippen LogP contribution is 2.19. The van der Waals surface area contributed by atoms with Gasteiger partial charge in [0, 0.05) is 17.3 Å². The van der Waals surface area contributed by atoms with Crippen molar-refractivity contribution in [2.45, 2.75) is 32.7 Å². The second-order valence-corrected chi connectivity index (χ2v) is 6.05. The number of nitrogens with zero attached hydrogens (tertiary/aromatic N) is 1. The minimum absolute atomic E-state index is 0.110. The topological polar surface area (TPSA) is 48.1 Å². The second-order valence-electron chi connectivity index (χ2n) is 4.77. The maximum absolute atomic E-state index is 6.20. The molecule has 1 atom stereocenters. The minimum Gasteiger partial charge on any atom is -0.497 e. The quantitative estimate of drug-likeness (QED) is 0.913. The zero-order valence-electron chi connectivity index (χ0n) is 11.6. The molecule has 0 spiro atoms. The summed E-state index contributed by atoms with van der Waals surface area (Å²) in [4.78, 5) is 5.82. The van der Waals surface area contributed by atoms with Crippen molar-refractivity contribution in [3.05, 3.63) is 45.4 Å². The number of hydrogen-bond donors (Lipinski definition) is 1. The second kappa shape index (κ2) is 6.17. The van der Waals surface area contributed by atoms with Crippen molar-refractivity contribution in [2.24, 2.45) is 5.73 Å². The molecule has 19 heavy (non-hydrogen) atoms. The normalized spacial score (nSPS) is 12.4. The molecule has 0 radical (unpaired) electrons. The zero-order valence-corrected chi connectivity index (χ0v) is 12.5. The van der Waals surface area contributed by atoms with Crippen molar-refractivity contribution in [1.29, 1.82) is 0 Å². The smallest absolute Gasteiger partial charge is 0.118 e. The molecule has 1 aromatic heterocycles. The van der Waals surface area contributed by atoms with E-state index in [1.165, 1.54) is 10.4 Å². The van der Waals surface area contributed by atoms with Crippen LogP contribution >= 0.6 is 11.3 Å². The van der Waals surface area contributed by atoms with Crippen LogP contribution in [0.3, 0.4) is 0 Å². The van der Waals surface area contributed by atoms with E-state index < -0.39 is 0 Å². The molecule has 2 aromatic rings. The summed E-state index contributed by atoms with van der Waals surface area (Å²) in [6.07, 6.45) is 1.70. The van der Waals surface area contributed by atoms with Crippen LogP contribution in [-0.2, 0) is 12.8 Å². The number of thiazole rings is 1. The van der Waals surface area contributed by atoms with Crippen molar-refractivity contribution in [1.82, 2.24) is 4.98 Å². The maximum atomic E-state index is 6.20.